The largest absolute Gasteiger partial charge is 0.342 e. The molecule has 1 fully saturated rings. The number of piperidine rings is 1. The second-order valence-electron chi connectivity index (χ2n) is 6.58. The van der Waals surface area contributed by atoms with Crippen LogP contribution < -0.4 is 10.6 Å². The molecule has 3 rings (SSSR count). The van der Waals surface area contributed by atoms with Crippen LogP contribution in [0, 0.1) is 5.92 Å². The molecule has 5 heteroatoms. The van der Waals surface area contributed by atoms with Crippen LogP contribution >= 0.6 is 0 Å². The Kier molecular flexibility index (Phi) is 4.96. The zero-order valence-corrected chi connectivity index (χ0v) is 14.0. The quantitative estimate of drug-likeness (QED) is 0.793. The first-order valence-electron chi connectivity index (χ1n) is 8.68. The van der Waals surface area contributed by atoms with E-state index in [0.717, 1.165) is 61.2 Å². The van der Waals surface area contributed by atoms with Crippen molar-refractivity contribution in [1.82, 2.24) is 15.3 Å². The molecule has 0 saturated carbocycles. The van der Waals surface area contributed by atoms with Crippen molar-refractivity contribution >= 4 is 22.6 Å². The summed E-state index contributed by atoms with van der Waals surface area (Å²) in [4.78, 5) is 20.4. The van der Waals surface area contributed by atoms with Crippen molar-refractivity contribution in [1.29, 1.82) is 0 Å². The van der Waals surface area contributed by atoms with E-state index in [9.17, 15) is 4.79 Å². The van der Waals surface area contributed by atoms with Gasteiger partial charge in [0.15, 0.2) is 0 Å². The van der Waals surface area contributed by atoms with Gasteiger partial charge in [0.2, 0.25) is 5.91 Å². The Labute approximate surface area is 137 Å². The SMILES string of the molecule is CCCCc1nc2ccc(NC(=O)[C@H]3CCN[C@@H](C)C3)cc2[nH]1. The van der Waals surface area contributed by atoms with Gasteiger partial charge in [-0.3, -0.25) is 4.79 Å². The van der Waals surface area contributed by atoms with Gasteiger partial charge in [0.25, 0.3) is 0 Å². The van der Waals surface area contributed by atoms with Gasteiger partial charge in [-0.15, -0.1) is 0 Å². The number of unbranched alkanes of at least 4 members (excludes halogenated alkanes) is 1. The molecule has 1 amide bonds. The van der Waals surface area contributed by atoms with Gasteiger partial charge in [-0.1, -0.05) is 13.3 Å². The van der Waals surface area contributed by atoms with Crippen molar-refractivity contribution in [2.75, 3.05) is 11.9 Å². The van der Waals surface area contributed by atoms with E-state index in [4.69, 9.17) is 0 Å². The minimum absolute atomic E-state index is 0.101. The minimum atomic E-state index is 0.101. The van der Waals surface area contributed by atoms with Gasteiger partial charge in [0.05, 0.1) is 11.0 Å². The number of aromatic nitrogens is 2. The Morgan fingerprint density at radius 3 is 3.09 bits per heavy atom. The molecule has 0 spiro atoms. The lowest BCUT2D eigenvalue weighted by atomic mass is 9.92. The molecule has 0 radical (unpaired) electrons. The average molecular weight is 314 g/mol. The molecule has 124 valence electrons. The molecule has 0 aliphatic carbocycles. The number of nitrogens with one attached hydrogen (secondary N) is 3. The van der Waals surface area contributed by atoms with Gasteiger partial charge in [0.1, 0.15) is 5.82 Å². The number of aryl methyl sites for hydroxylation is 1. The van der Waals surface area contributed by atoms with E-state index in [1.54, 1.807) is 0 Å². The van der Waals surface area contributed by atoms with E-state index < -0.39 is 0 Å². The number of hydrogen-bond acceptors (Lipinski definition) is 3. The number of aromatic amines is 1. The summed E-state index contributed by atoms with van der Waals surface area (Å²) >= 11 is 0. The molecule has 2 heterocycles. The molecule has 1 aliphatic heterocycles. The van der Waals surface area contributed by atoms with Crippen LogP contribution in [0.15, 0.2) is 18.2 Å². The molecule has 2 aromatic rings. The lowest BCUT2D eigenvalue weighted by Crippen LogP contribution is -2.40. The van der Waals surface area contributed by atoms with Crippen molar-refractivity contribution < 1.29 is 4.79 Å². The maximum atomic E-state index is 12.4. The highest BCUT2D eigenvalue weighted by Crippen LogP contribution is 2.21. The summed E-state index contributed by atoms with van der Waals surface area (Å²) < 4.78 is 0. The molecule has 2 atom stereocenters. The number of nitrogens with zero attached hydrogens (tertiary/aromatic N) is 1. The number of benzene rings is 1. The maximum Gasteiger partial charge on any atom is 0.227 e. The van der Waals surface area contributed by atoms with E-state index in [0.29, 0.717) is 6.04 Å². The number of carbonyl (C=O) groups excluding carboxylic acids is 1. The molecule has 1 saturated heterocycles. The first kappa shape index (κ1) is 16.0. The molecule has 5 nitrogen and oxygen atoms in total. The second kappa shape index (κ2) is 7.13. The predicted molar refractivity (Wildman–Crippen MR) is 93.5 cm³/mol. The number of H-pyrrole nitrogens is 1. The van der Waals surface area contributed by atoms with E-state index in [1.807, 2.05) is 18.2 Å². The van der Waals surface area contributed by atoms with Crippen LogP contribution in [-0.4, -0.2) is 28.5 Å². The van der Waals surface area contributed by atoms with Gasteiger partial charge in [-0.25, -0.2) is 4.98 Å². The fourth-order valence-corrected chi connectivity index (χ4v) is 3.22. The van der Waals surface area contributed by atoms with Crippen LogP contribution in [0.1, 0.15) is 45.4 Å². The lowest BCUT2D eigenvalue weighted by molar-refractivity contribution is -0.120. The van der Waals surface area contributed by atoms with Crippen LogP contribution in [0.5, 0.6) is 0 Å². The fourth-order valence-electron chi connectivity index (χ4n) is 3.22. The molecule has 1 aromatic heterocycles. The van der Waals surface area contributed by atoms with Crippen molar-refractivity contribution in [2.24, 2.45) is 5.92 Å². The van der Waals surface area contributed by atoms with Gasteiger partial charge < -0.3 is 15.6 Å². The summed E-state index contributed by atoms with van der Waals surface area (Å²) in [5.74, 6) is 1.25. The number of anilines is 1. The average Bonchev–Trinajstić information content (AvgIpc) is 2.95. The molecule has 1 aromatic carbocycles. The molecule has 0 unspecified atom stereocenters. The summed E-state index contributed by atoms with van der Waals surface area (Å²) in [5, 5.41) is 6.44. The molecule has 1 aliphatic rings. The molecular formula is C18H26N4O. The number of imidazole rings is 1. The van der Waals surface area contributed by atoms with Gasteiger partial charge >= 0.3 is 0 Å². The monoisotopic (exact) mass is 314 g/mol. The number of hydrogen-bond donors (Lipinski definition) is 3. The molecule has 0 bridgehead atoms. The number of fused-ring (bicyclic) bond motifs is 1. The van der Waals surface area contributed by atoms with Crippen molar-refractivity contribution in [2.45, 2.75) is 52.0 Å². The number of amides is 1. The van der Waals surface area contributed by atoms with E-state index in [1.165, 1.54) is 0 Å². The lowest BCUT2D eigenvalue weighted by Gasteiger charge is -2.27. The van der Waals surface area contributed by atoms with Crippen molar-refractivity contribution in [3.05, 3.63) is 24.0 Å². The van der Waals surface area contributed by atoms with Crippen LogP contribution in [0.3, 0.4) is 0 Å². The first-order valence-corrected chi connectivity index (χ1v) is 8.68. The van der Waals surface area contributed by atoms with Crippen LogP contribution in [0.4, 0.5) is 5.69 Å². The first-order chi connectivity index (χ1) is 11.2. The Morgan fingerprint density at radius 2 is 2.30 bits per heavy atom. The van der Waals surface area contributed by atoms with Gasteiger partial charge in [0, 0.05) is 24.1 Å². The summed E-state index contributed by atoms with van der Waals surface area (Å²) in [6.07, 6.45) is 5.08. The molecule has 3 N–H and O–H groups in total. The predicted octanol–water partition coefficient (Wildman–Crippen LogP) is 3.23. The Bertz CT molecular complexity index is 679. The smallest absolute Gasteiger partial charge is 0.227 e. The fraction of sp³-hybridized carbons (Fsp3) is 0.556. The second-order valence-corrected chi connectivity index (χ2v) is 6.58. The molecular weight excluding hydrogens is 288 g/mol. The van der Waals surface area contributed by atoms with Crippen molar-refractivity contribution in [3.8, 4) is 0 Å². The van der Waals surface area contributed by atoms with Crippen LogP contribution in [-0.2, 0) is 11.2 Å². The van der Waals surface area contributed by atoms with Crippen molar-refractivity contribution in [3.63, 3.8) is 0 Å². The van der Waals surface area contributed by atoms with Crippen LogP contribution in [0.25, 0.3) is 11.0 Å². The Hall–Kier alpha value is -1.88. The summed E-state index contributed by atoms with van der Waals surface area (Å²) in [6, 6.07) is 6.31. The van der Waals surface area contributed by atoms with Gasteiger partial charge in [-0.05, 0) is 50.9 Å². The Balaban J connectivity index is 1.68. The zero-order chi connectivity index (χ0) is 16.2. The number of rotatable bonds is 5. The van der Waals surface area contributed by atoms with Crippen LogP contribution in [0.2, 0.25) is 0 Å². The summed E-state index contributed by atoms with van der Waals surface area (Å²) in [5.41, 5.74) is 2.80. The third-order valence-corrected chi connectivity index (χ3v) is 4.56. The zero-order valence-electron chi connectivity index (χ0n) is 14.0. The number of carbonyl (C=O) groups is 1. The molecule has 23 heavy (non-hydrogen) atoms. The maximum absolute atomic E-state index is 12.4. The summed E-state index contributed by atoms with van der Waals surface area (Å²) in [6.45, 7) is 5.23. The highest BCUT2D eigenvalue weighted by atomic mass is 16.1. The Morgan fingerprint density at radius 1 is 1.43 bits per heavy atom. The highest BCUT2D eigenvalue weighted by molar-refractivity contribution is 5.94. The minimum Gasteiger partial charge on any atom is -0.342 e. The topological polar surface area (TPSA) is 69.8 Å². The van der Waals surface area contributed by atoms with Gasteiger partial charge in [-0.2, -0.15) is 0 Å². The third-order valence-electron chi connectivity index (χ3n) is 4.56. The van der Waals surface area contributed by atoms with E-state index >= 15 is 0 Å². The van der Waals surface area contributed by atoms with E-state index in [-0.39, 0.29) is 11.8 Å². The third kappa shape index (κ3) is 3.91. The summed E-state index contributed by atoms with van der Waals surface area (Å²) in [7, 11) is 0. The van der Waals surface area contributed by atoms with E-state index in [2.05, 4.69) is 34.4 Å². The highest BCUT2D eigenvalue weighted by Gasteiger charge is 2.24. The normalized spacial score (nSPS) is 21.5. The standard InChI is InChI=1S/C18H26N4O/c1-3-4-5-17-21-15-7-6-14(11-16(15)22-17)20-18(23)13-8-9-19-12(2)10-13/h6-7,11-13,19H,3-5,8-10H2,1-2H3,(H,20,23)(H,21,22)/t12-,13-/m0/s1.